The molecule has 33 heavy (non-hydrogen) atoms. The molecular formula is C22H24F2N2O7. The number of hydrogen-bond donors (Lipinski definition) is 0. The molecule has 0 amide bonds. The number of ether oxygens (including phenoxy) is 3. The molecule has 1 aliphatic rings. The van der Waals surface area contributed by atoms with Gasteiger partial charge in [-0.3, -0.25) is 23.5 Å². The van der Waals surface area contributed by atoms with Gasteiger partial charge in [-0.2, -0.15) is 8.78 Å². The van der Waals surface area contributed by atoms with Crippen molar-refractivity contribution in [2.45, 2.75) is 64.2 Å². The first-order valence-corrected chi connectivity index (χ1v) is 10.3. The van der Waals surface area contributed by atoms with E-state index in [4.69, 9.17) is 14.2 Å². The number of rotatable bonds is 7. The first-order chi connectivity index (χ1) is 15.5. The van der Waals surface area contributed by atoms with Crippen LogP contribution in [-0.2, 0) is 36.3 Å². The van der Waals surface area contributed by atoms with Crippen LogP contribution in [0.25, 0.3) is 0 Å². The first kappa shape index (κ1) is 24.3. The second-order valence-corrected chi connectivity index (χ2v) is 7.62. The van der Waals surface area contributed by atoms with Crippen LogP contribution in [0.2, 0.25) is 0 Å². The summed E-state index contributed by atoms with van der Waals surface area (Å²) in [5, 5.41) is 0. The Balaban J connectivity index is 2.03. The minimum absolute atomic E-state index is 0.340. The van der Waals surface area contributed by atoms with E-state index in [1.807, 2.05) is 0 Å². The summed E-state index contributed by atoms with van der Waals surface area (Å²) in [5.41, 5.74) is -2.38. The van der Waals surface area contributed by atoms with Crippen LogP contribution in [0.5, 0.6) is 0 Å². The van der Waals surface area contributed by atoms with E-state index in [9.17, 15) is 28.0 Å². The third kappa shape index (κ3) is 5.19. The second kappa shape index (κ2) is 9.65. The molecule has 11 heteroatoms. The predicted octanol–water partition coefficient (Wildman–Crippen LogP) is 1.97. The van der Waals surface area contributed by atoms with Crippen molar-refractivity contribution in [3.63, 3.8) is 0 Å². The lowest BCUT2D eigenvalue weighted by Crippen LogP contribution is -2.46. The molecule has 1 aromatic carbocycles. The van der Waals surface area contributed by atoms with Crippen molar-refractivity contribution < 1.29 is 32.6 Å². The van der Waals surface area contributed by atoms with E-state index in [1.165, 1.54) is 31.2 Å². The maximum absolute atomic E-state index is 14.8. The Bertz CT molecular complexity index is 1130. The zero-order valence-electron chi connectivity index (χ0n) is 18.3. The maximum atomic E-state index is 14.8. The number of carbonyl (C=O) groups excluding carboxylic acids is 2. The summed E-state index contributed by atoms with van der Waals surface area (Å²) in [6.07, 6.45) is -2.87. The fourth-order valence-electron chi connectivity index (χ4n) is 3.75. The molecule has 1 saturated heterocycles. The van der Waals surface area contributed by atoms with Gasteiger partial charge in [0.2, 0.25) is 0 Å². The first-order valence-electron chi connectivity index (χ1n) is 10.3. The third-order valence-corrected chi connectivity index (χ3v) is 5.21. The zero-order valence-corrected chi connectivity index (χ0v) is 18.3. The summed E-state index contributed by atoms with van der Waals surface area (Å²) < 4.78 is 47.3. The van der Waals surface area contributed by atoms with Crippen molar-refractivity contribution in [3.05, 3.63) is 69.0 Å². The number of nitrogens with zero attached hydrogens (tertiary/aromatic N) is 2. The molecule has 0 spiro atoms. The molecule has 1 unspecified atom stereocenters. The van der Waals surface area contributed by atoms with Crippen molar-refractivity contribution >= 4 is 11.9 Å². The van der Waals surface area contributed by atoms with E-state index in [0.717, 1.165) is 23.8 Å². The van der Waals surface area contributed by atoms with Gasteiger partial charge < -0.3 is 14.2 Å². The van der Waals surface area contributed by atoms with E-state index >= 15 is 0 Å². The summed E-state index contributed by atoms with van der Waals surface area (Å²) >= 11 is 0. The Morgan fingerprint density at radius 1 is 1.03 bits per heavy atom. The van der Waals surface area contributed by atoms with Crippen LogP contribution in [0, 0.1) is 0 Å². The Morgan fingerprint density at radius 2 is 1.64 bits per heavy atom. The lowest BCUT2D eigenvalue weighted by atomic mass is 10.1. The number of hydrogen-bond acceptors (Lipinski definition) is 7. The van der Waals surface area contributed by atoms with Gasteiger partial charge in [0.1, 0.15) is 6.10 Å². The SMILES string of the molecule is CC[C@H]1O[C@@H](n2ccc(=O)n(CC(F)(F)c3ccccc3)c2=O)[C@@H](OC(C)=O)C1OC(C)=O. The molecular weight excluding hydrogens is 442 g/mol. The van der Waals surface area contributed by atoms with Crippen molar-refractivity contribution in [1.29, 1.82) is 0 Å². The molecule has 2 heterocycles. The average molecular weight is 466 g/mol. The van der Waals surface area contributed by atoms with Crippen LogP contribution in [0.4, 0.5) is 8.78 Å². The number of halogens is 2. The highest BCUT2D eigenvalue weighted by Crippen LogP contribution is 2.35. The number of carbonyl (C=O) groups is 2. The van der Waals surface area contributed by atoms with Gasteiger partial charge in [0, 0.05) is 31.7 Å². The highest BCUT2D eigenvalue weighted by Gasteiger charge is 2.49. The van der Waals surface area contributed by atoms with Gasteiger partial charge in [0.05, 0.1) is 6.54 Å². The van der Waals surface area contributed by atoms with Gasteiger partial charge in [0.15, 0.2) is 18.4 Å². The predicted molar refractivity (Wildman–Crippen MR) is 111 cm³/mol. The summed E-state index contributed by atoms with van der Waals surface area (Å²) in [4.78, 5) is 48.7. The van der Waals surface area contributed by atoms with E-state index in [0.29, 0.717) is 11.0 Å². The highest BCUT2D eigenvalue weighted by atomic mass is 19.3. The summed E-state index contributed by atoms with van der Waals surface area (Å²) in [6.45, 7) is 2.83. The molecule has 0 bridgehead atoms. The van der Waals surface area contributed by atoms with Crippen molar-refractivity contribution in [2.75, 3.05) is 0 Å². The molecule has 0 aliphatic carbocycles. The van der Waals surface area contributed by atoms with Crippen LogP contribution < -0.4 is 11.2 Å². The summed E-state index contributed by atoms with van der Waals surface area (Å²) in [5.74, 6) is -4.89. The molecule has 2 aromatic rings. The molecule has 4 atom stereocenters. The molecule has 0 saturated carbocycles. The van der Waals surface area contributed by atoms with Gasteiger partial charge in [-0.05, 0) is 6.42 Å². The van der Waals surface area contributed by atoms with Gasteiger partial charge in [-0.25, -0.2) is 4.79 Å². The second-order valence-electron chi connectivity index (χ2n) is 7.62. The third-order valence-electron chi connectivity index (χ3n) is 5.21. The number of benzene rings is 1. The monoisotopic (exact) mass is 466 g/mol. The smallest absolute Gasteiger partial charge is 0.333 e. The summed E-state index contributed by atoms with van der Waals surface area (Å²) in [7, 11) is 0. The largest absolute Gasteiger partial charge is 0.456 e. The molecule has 9 nitrogen and oxygen atoms in total. The van der Waals surface area contributed by atoms with E-state index in [-0.39, 0.29) is 5.56 Å². The van der Waals surface area contributed by atoms with Gasteiger partial charge in [-0.1, -0.05) is 37.3 Å². The van der Waals surface area contributed by atoms with Crippen LogP contribution in [0.3, 0.4) is 0 Å². The fourth-order valence-corrected chi connectivity index (χ4v) is 3.75. The minimum Gasteiger partial charge on any atom is -0.456 e. The Labute approximate surface area is 187 Å². The average Bonchev–Trinajstić information content (AvgIpc) is 3.07. The standard InChI is InChI=1S/C22H24F2N2O7/c1-4-16-18(31-13(2)27)19(32-14(3)28)20(33-16)25-11-10-17(29)26(21(25)30)12-22(23,24)15-8-6-5-7-9-15/h5-11,16,18-20H,4,12H2,1-3H3/t16-,18?,19+,20-/m1/s1. The number of esters is 2. The van der Waals surface area contributed by atoms with E-state index in [1.54, 1.807) is 13.0 Å². The Morgan fingerprint density at radius 3 is 2.21 bits per heavy atom. The van der Waals surface area contributed by atoms with Crippen LogP contribution in [0.15, 0.2) is 52.2 Å². The molecule has 1 aliphatic heterocycles. The molecule has 0 radical (unpaired) electrons. The van der Waals surface area contributed by atoms with Crippen LogP contribution in [0.1, 0.15) is 39.0 Å². The van der Waals surface area contributed by atoms with Crippen LogP contribution in [-0.4, -0.2) is 39.4 Å². The number of alkyl halides is 2. The highest BCUT2D eigenvalue weighted by molar-refractivity contribution is 5.67. The van der Waals surface area contributed by atoms with Crippen molar-refractivity contribution in [2.24, 2.45) is 0 Å². The topological polar surface area (TPSA) is 106 Å². The zero-order chi connectivity index (χ0) is 24.3. The molecule has 178 valence electrons. The minimum atomic E-state index is -3.51. The van der Waals surface area contributed by atoms with Crippen LogP contribution >= 0.6 is 0 Å². The van der Waals surface area contributed by atoms with Crippen molar-refractivity contribution in [3.8, 4) is 0 Å². The van der Waals surface area contributed by atoms with Crippen molar-refractivity contribution in [1.82, 2.24) is 9.13 Å². The Kier molecular flexibility index (Phi) is 7.11. The molecule has 1 fully saturated rings. The molecule has 3 rings (SSSR count). The van der Waals surface area contributed by atoms with E-state index in [2.05, 4.69) is 0 Å². The lowest BCUT2D eigenvalue weighted by Gasteiger charge is -2.24. The summed E-state index contributed by atoms with van der Waals surface area (Å²) in [6, 6.07) is 7.74. The number of aromatic nitrogens is 2. The van der Waals surface area contributed by atoms with Gasteiger partial charge in [-0.15, -0.1) is 0 Å². The van der Waals surface area contributed by atoms with E-state index < -0.39 is 60.2 Å². The molecule has 0 N–H and O–H groups in total. The van der Waals surface area contributed by atoms with Gasteiger partial charge >= 0.3 is 17.6 Å². The van der Waals surface area contributed by atoms with Gasteiger partial charge in [0.25, 0.3) is 11.5 Å². The quantitative estimate of drug-likeness (QED) is 0.575. The fraction of sp³-hybridized carbons (Fsp3) is 0.455. The Hall–Kier alpha value is -3.34. The molecule has 1 aromatic heterocycles. The normalized spacial score (nSPS) is 22.7. The lowest BCUT2D eigenvalue weighted by molar-refractivity contribution is -0.165. The maximum Gasteiger partial charge on any atom is 0.333 e.